The van der Waals surface area contributed by atoms with Crippen molar-refractivity contribution in [2.75, 3.05) is 19.5 Å². The van der Waals surface area contributed by atoms with Gasteiger partial charge in [0.1, 0.15) is 23.5 Å². The van der Waals surface area contributed by atoms with Gasteiger partial charge < -0.3 is 25.2 Å². The number of amides is 1. The van der Waals surface area contributed by atoms with Crippen molar-refractivity contribution in [1.29, 1.82) is 5.26 Å². The third kappa shape index (κ3) is 5.28. The molecule has 0 saturated heterocycles. The van der Waals surface area contributed by atoms with Crippen molar-refractivity contribution in [3.05, 3.63) is 63.2 Å². The summed E-state index contributed by atoms with van der Waals surface area (Å²) in [5.74, 6) is -3.20. The number of aliphatic hydroxyl groups is 1. The van der Waals surface area contributed by atoms with Gasteiger partial charge in [0.15, 0.2) is 17.1 Å². The number of ether oxygens (including phenoxy) is 1. The summed E-state index contributed by atoms with van der Waals surface area (Å²) in [4.78, 5) is 28.1. The molecule has 1 aromatic carbocycles. The van der Waals surface area contributed by atoms with E-state index in [1.54, 1.807) is 19.3 Å². The van der Waals surface area contributed by atoms with Gasteiger partial charge in [0.2, 0.25) is 5.75 Å². The number of nitrogens with one attached hydrogen (secondary N) is 1. The first-order valence-corrected chi connectivity index (χ1v) is 9.98. The highest BCUT2D eigenvalue weighted by molar-refractivity contribution is 6.03. The zero-order valence-corrected chi connectivity index (χ0v) is 19.1. The maximum Gasteiger partial charge on any atom is 0.315 e. The Balaban J connectivity index is 1.90. The number of likely N-dealkylation sites (N-methyl/N-ethyl adjacent to an activating group) is 1. The number of nitrogens with zero attached hydrogens (tertiary/aromatic N) is 7. The third-order valence-corrected chi connectivity index (χ3v) is 4.86. The molecule has 0 aliphatic carbocycles. The van der Waals surface area contributed by atoms with Crippen molar-refractivity contribution >= 4 is 29.0 Å². The lowest BCUT2D eigenvalue weighted by atomic mass is 10.1. The minimum Gasteiger partial charge on any atom is -0.506 e. The molecule has 0 bridgehead atoms. The first-order valence-electron chi connectivity index (χ1n) is 9.98. The number of benzene rings is 1. The fourth-order valence-electron chi connectivity index (χ4n) is 3.09. The van der Waals surface area contributed by atoms with E-state index in [-0.39, 0.29) is 29.2 Å². The SMILES string of the molecule is COc1cc(/C(O)=C(\C#N)C(=O)N(C)Cc2cc(Nc3cn(C)nn3)ncc2F)cc([N+](=O)[O-])c1O. The van der Waals surface area contributed by atoms with Crippen LogP contribution in [-0.2, 0) is 18.4 Å². The number of phenolic OH excluding ortho intramolecular Hbond substituents is 1. The van der Waals surface area contributed by atoms with Gasteiger partial charge >= 0.3 is 5.69 Å². The van der Waals surface area contributed by atoms with E-state index in [1.807, 2.05) is 0 Å². The largest absolute Gasteiger partial charge is 0.506 e. The van der Waals surface area contributed by atoms with Crippen LogP contribution in [0.5, 0.6) is 11.5 Å². The molecule has 0 saturated carbocycles. The Morgan fingerprint density at radius 1 is 1.39 bits per heavy atom. The number of carbonyl (C=O) groups excluding carboxylic acids is 1. The molecule has 3 aromatic rings. The Kier molecular flexibility index (Phi) is 7.29. The molecule has 36 heavy (non-hydrogen) atoms. The summed E-state index contributed by atoms with van der Waals surface area (Å²) < 4.78 is 20.7. The van der Waals surface area contributed by atoms with Gasteiger partial charge in [0.25, 0.3) is 5.91 Å². The second kappa shape index (κ2) is 10.3. The van der Waals surface area contributed by atoms with E-state index in [0.29, 0.717) is 5.82 Å². The van der Waals surface area contributed by atoms with Gasteiger partial charge in [-0.3, -0.25) is 19.6 Å². The number of nitro benzene ring substituents is 1. The van der Waals surface area contributed by atoms with Crippen molar-refractivity contribution in [3.8, 4) is 17.6 Å². The number of aryl methyl sites for hydroxylation is 1. The number of pyridine rings is 1. The molecule has 0 spiro atoms. The van der Waals surface area contributed by atoms with Gasteiger partial charge in [-0.25, -0.2) is 9.37 Å². The van der Waals surface area contributed by atoms with E-state index in [9.17, 15) is 34.8 Å². The van der Waals surface area contributed by atoms with Crippen molar-refractivity contribution in [1.82, 2.24) is 24.9 Å². The molecule has 1 amide bonds. The number of nitriles is 1. The van der Waals surface area contributed by atoms with Crippen molar-refractivity contribution in [2.24, 2.45) is 7.05 Å². The monoisotopic (exact) mass is 498 g/mol. The lowest BCUT2D eigenvalue weighted by Gasteiger charge is -2.18. The standard InChI is InChI=1S/C21H19FN8O6/c1-28(9-12-6-17(24-8-14(12)22)25-18-10-29(2)27-26-18)21(33)13(7-23)19(31)11-4-15(30(34)35)20(32)16(5-11)36-3/h4-6,8,10,31-32H,9H2,1-3H3,(H,24,25)/b19-13-. The molecule has 2 aromatic heterocycles. The first kappa shape index (κ1) is 25.4. The van der Waals surface area contributed by atoms with Crippen LogP contribution in [0.4, 0.5) is 21.7 Å². The Labute approximate surface area is 202 Å². The number of halogens is 1. The van der Waals surface area contributed by atoms with E-state index < -0.39 is 39.4 Å². The normalized spacial score (nSPS) is 11.3. The number of aromatic hydroxyl groups is 1. The van der Waals surface area contributed by atoms with Crippen LogP contribution in [0.3, 0.4) is 0 Å². The second-order valence-electron chi connectivity index (χ2n) is 7.36. The van der Waals surface area contributed by atoms with Crippen LogP contribution in [0.15, 0.2) is 36.2 Å². The molecule has 2 heterocycles. The number of hydrogen-bond donors (Lipinski definition) is 3. The summed E-state index contributed by atoms with van der Waals surface area (Å²) in [5, 5.41) is 51.7. The van der Waals surface area contributed by atoms with Gasteiger partial charge in [-0.1, -0.05) is 5.21 Å². The van der Waals surface area contributed by atoms with Crippen LogP contribution in [0.1, 0.15) is 11.1 Å². The predicted octanol–water partition coefficient (Wildman–Crippen LogP) is 2.17. The maximum atomic E-state index is 14.4. The number of rotatable bonds is 8. The number of aliphatic hydroxyl groups excluding tert-OH is 1. The molecule has 0 radical (unpaired) electrons. The van der Waals surface area contributed by atoms with Crippen molar-refractivity contribution in [2.45, 2.75) is 6.54 Å². The highest BCUT2D eigenvalue weighted by atomic mass is 19.1. The summed E-state index contributed by atoms with van der Waals surface area (Å²) >= 11 is 0. The molecule has 0 atom stereocenters. The molecule has 15 heteroatoms. The second-order valence-corrected chi connectivity index (χ2v) is 7.36. The van der Waals surface area contributed by atoms with E-state index >= 15 is 0 Å². The highest BCUT2D eigenvalue weighted by Gasteiger charge is 2.26. The van der Waals surface area contributed by atoms with Gasteiger partial charge in [-0.15, -0.1) is 5.10 Å². The van der Waals surface area contributed by atoms with Crippen LogP contribution < -0.4 is 10.1 Å². The van der Waals surface area contributed by atoms with Crippen LogP contribution in [0.25, 0.3) is 5.76 Å². The lowest BCUT2D eigenvalue weighted by molar-refractivity contribution is -0.386. The number of carbonyl (C=O) groups is 1. The molecule has 186 valence electrons. The lowest BCUT2D eigenvalue weighted by Crippen LogP contribution is -2.28. The molecule has 3 rings (SSSR count). The molecular weight excluding hydrogens is 479 g/mol. The fraction of sp³-hybridized carbons (Fsp3) is 0.190. The molecule has 0 aliphatic heterocycles. The van der Waals surface area contributed by atoms with E-state index in [4.69, 9.17) is 4.74 Å². The first-order chi connectivity index (χ1) is 17.0. The van der Waals surface area contributed by atoms with Gasteiger partial charge in [-0.05, 0) is 12.1 Å². The van der Waals surface area contributed by atoms with Gasteiger partial charge in [0.05, 0.1) is 24.4 Å². The van der Waals surface area contributed by atoms with Crippen LogP contribution in [-0.4, -0.2) is 60.1 Å². The van der Waals surface area contributed by atoms with E-state index in [2.05, 4.69) is 20.6 Å². The Morgan fingerprint density at radius 2 is 2.11 bits per heavy atom. The molecule has 14 nitrogen and oxygen atoms in total. The Hall–Kier alpha value is -5.26. The van der Waals surface area contributed by atoms with Gasteiger partial charge in [-0.2, -0.15) is 5.26 Å². The summed E-state index contributed by atoms with van der Waals surface area (Å²) in [6, 6.07) is 4.69. The summed E-state index contributed by atoms with van der Waals surface area (Å²) in [6.07, 6.45) is 2.50. The molecule has 0 unspecified atom stereocenters. The highest BCUT2D eigenvalue weighted by Crippen LogP contribution is 2.38. The summed E-state index contributed by atoms with van der Waals surface area (Å²) in [6.45, 7) is -0.320. The Bertz CT molecular complexity index is 1410. The minimum absolute atomic E-state index is 0.0333. The predicted molar refractivity (Wildman–Crippen MR) is 121 cm³/mol. The van der Waals surface area contributed by atoms with Crippen LogP contribution in [0.2, 0.25) is 0 Å². The van der Waals surface area contributed by atoms with E-state index in [0.717, 1.165) is 30.3 Å². The topological polar surface area (TPSA) is 193 Å². The zero-order valence-electron chi connectivity index (χ0n) is 19.1. The van der Waals surface area contributed by atoms with Crippen molar-refractivity contribution in [3.63, 3.8) is 0 Å². The minimum atomic E-state index is -0.996. The summed E-state index contributed by atoms with van der Waals surface area (Å²) in [5.41, 5.74) is -1.87. The van der Waals surface area contributed by atoms with Crippen LogP contribution >= 0.6 is 0 Å². The quantitative estimate of drug-likeness (QED) is 0.135. The number of anilines is 2. The number of hydrogen-bond acceptors (Lipinski definition) is 11. The molecule has 0 aliphatic rings. The third-order valence-electron chi connectivity index (χ3n) is 4.86. The fourth-order valence-corrected chi connectivity index (χ4v) is 3.09. The van der Waals surface area contributed by atoms with Gasteiger partial charge in [0, 0.05) is 37.8 Å². The Morgan fingerprint density at radius 3 is 2.69 bits per heavy atom. The zero-order chi connectivity index (χ0) is 26.6. The van der Waals surface area contributed by atoms with Crippen molar-refractivity contribution < 1.29 is 29.1 Å². The number of phenols is 1. The molecular formula is C21H19FN8O6. The number of methoxy groups -OCH3 is 1. The number of nitro groups is 1. The maximum absolute atomic E-state index is 14.4. The average molecular weight is 498 g/mol. The molecule has 0 fully saturated rings. The summed E-state index contributed by atoms with van der Waals surface area (Å²) in [7, 11) is 4.05. The number of aromatic nitrogens is 4. The average Bonchev–Trinajstić information content (AvgIpc) is 3.25. The van der Waals surface area contributed by atoms with Crippen LogP contribution in [0, 0.1) is 27.3 Å². The molecule has 3 N–H and O–H groups in total. The smallest absolute Gasteiger partial charge is 0.315 e. The van der Waals surface area contributed by atoms with E-state index in [1.165, 1.54) is 17.8 Å².